The van der Waals surface area contributed by atoms with Gasteiger partial charge in [-0.3, -0.25) is 5.41 Å². The van der Waals surface area contributed by atoms with Gasteiger partial charge in [-0.15, -0.1) is 0 Å². The van der Waals surface area contributed by atoms with Crippen LogP contribution in [-0.2, 0) is 0 Å². The average Bonchev–Trinajstić information content (AvgIpc) is 2.39. The molecule has 1 aliphatic rings. The summed E-state index contributed by atoms with van der Waals surface area (Å²) in [5, 5.41) is 8.90. The zero-order valence-corrected chi connectivity index (χ0v) is 10.5. The van der Waals surface area contributed by atoms with Crippen molar-refractivity contribution in [3.8, 4) is 0 Å². The second-order valence-corrected chi connectivity index (χ2v) is 5.47. The molecule has 1 atom stereocenters. The highest BCUT2D eigenvalue weighted by Crippen LogP contribution is 2.22. The molecule has 1 aromatic carbocycles. The summed E-state index contributed by atoms with van der Waals surface area (Å²) in [6, 6.07) is 10.0. The molecule has 0 saturated carbocycles. The van der Waals surface area contributed by atoms with Crippen molar-refractivity contribution in [2.75, 3.05) is 18.8 Å². The molecule has 1 unspecified atom stereocenters. The van der Waals surface area contributed by atoms with Crippen molar-refractivity contribution in [2.45, 2.75) is 18.6 Å². The Hall–Kier alpha value is -0.960. The van der Waals surface area contributed by atoms with Gasteiger partial charge in [-0.1, -0.05) is 37.3 Å². The van der Waals surface area contributed by atoms with E-state index in [2.05, 4.69) is 11.8 Å². The molecule has 2 nitrogen and oxygen atoms in total. The SMILES string of the molecule is CCC1CN(C(=N)c2ccccc2)CCS1. The zero-order chi connectivity index (χ0) is 11.4. The topological polar surface area (TPSA) is 27.1 Å². The van der Waals surface area contributed by atoms with Crippen LogP contribution >= 0.6 is 11.8 Å². The number of nitrogens with zero attached hydrogens (tertiary/aromatic N) is 1. The van der Waals surface area contributed by atoms with Crippen molar-refractivity contribution in [2.24, 2.45) is 0 Å². The minimum Gasteiger partial charge on any atom is -0.355 e. The first-order valence-corrected chi connectivity index (χ1v) is 6.86. The number of hydrogen-bond acceptors (Lipinski definition) is 2. The number of benzene rings is 1. The Morgan fingerprint density at radius 3 is 2.88 bits per heavy atom. The van der Waals surface area contributed by atoms with Gasteiger partial charge in [0, 0.05) is 29.7 Å². The fourth-order valence-corrected chi connectivity index (χ4v) is 3.13. The van der Waals surface area contributed by atoms with Crippen LogP contribution in [0.2, 0.25) is 0 Å². The van der Waals surface area contributed by atoms with Crippen LogP contribution in [0.4, 0.5) is 0 Å². The minimum absolute atomic E-state index is 0.680. The first kappa shape index (κ1) is 11.5. The second-order valence-electron chi connectivity index (χ2n) is 4.06. The van der Waals surface area contributed by atoms with Gasteiger partial charge in [-0.2, -0.15) is 11.8 Å². The fourth-order valence-electron chi connectivity index (χ4n) is 1.95. The normalized spacial score (nSPS) is 20.8. The number of thioether (sulfide) groups is 1. The molecule has 1 heterocycles. The lowest BCUT2D eigenvalue weighted by Crippen LogP contribution is -2.41. The molecule has 0 aliphatic carbocycles. The summed E-state index contributed by atoms with van der Waals surface area (Å²) < 4.78 is 0. The molecule has 0 aromatic heterocycles. The standard InChI is InChI=1S/C13H18N2S/c1-2-12-10-15(8-9-16-12)13(14)11-6-4-3-5-7-11/h3-7,12,14H,2,8-10H2,1H3. The molecule has 16 heavy (non-hydrogen) atoms. The lowest BCUT2D eigenvalue weighted by Gasteiger charge is -2.33. The first-order valence-electron chi connectivity index (χ1n) is 5.81. The van der Waals surface area contributed by atoms with Crippen molar-refractivity contribution in [3.63, 3.8) is 0 Å². The molecule has 86 valence electrons. The quantitative estimate of drug-likeness (QED) is 0.629. The van der Waals surface area contributed by atoms with Crippen LogP contribution in [0, 0.1) is 5.41 Å². The van der Waals surface area contributed by atoms with E-state index in [4.69, 9.17) is 5.41 Å². The highest BCUT2D eigenvalue weighted by Gasteiger charge is 2.21. The minimum atomic E-state index is 0.680. The van der Waals surface area contributed by atoms with Gasteiger partial charge < -0.3 is 4.90 Å². The van der Waals surface area contributed by atoms with Crippen molar-refractivity contribution in [1.82, 2.24) is 4.90 Å². The third-order valence-electron chi connectivity index (χ3n) is 2.96. The largest absolute Gasteiger partial charge is 0.355 e. The fraction of sp³-hybridized carbons (Fsp3) is 0.462. The van der Waals surface area contributed by atoms with Crippen LogP contribution in [0.1, 0.15) is 18.9 Å². The van der Waals surface area contributed by atoms with E-state index in [9.17, 15) is 0 Å². The molecular weight excluding hydrogens is 216 g/mol. The van der Waals surface area contributed by atoms with Gasteiger partial charge in [-0.25, -0.2) is 0 Å². The Labute approximate surface area is 102 Å². The lowest BCUT2D eigenvalue weighted by atomic mass is 10.2. The predicted octanol–water partition coefficient (Wildman–Crippen LogP) is 2.84. The molecule has 1 aliphatic heterocycles. The summed E-state index contributed by atoms with van der Waals surface area (Å²) in [6.45, 7) is 4.26. The lowest BCUT2D eigenvalue weighted by molar-refractivity contribution is 0.423. The summed E-state index contributed by atoms with van der Waals surface area (Å²) >= 11 is 2.04. The Kier molecular flexibility index (Phi) is 3.88. The van der Waals surface area contributed by atoms with E-state index < -0.39 is 0 Å². The summed E-state index contributed by atoms with van der Waals surface area (Å²) in [5.74, 6) is 1.83. The third-order valence-corrected chi connectivity index (χ3v) is 4.33. The summed E-state index contributed by atoms with van der Waals surface area (Å²) in [4.78, 5) is 2.21. The van der Waals surface area contributed by atoms with Gasteiger partial charge in [0.2, 0.25) is 0 Å². The van der Waals surface area contributed by atoms with Gasteiger partial charge >= 0.3 is 0 Å². The van der Waals surface area contributed by atoms with Crippen LogP contribution in [0.15, 0.2) is 30.3 Å². The Balaban J connectivity index is 2.05. The maximum Gasteiger partial charge on any atom is 0.128 e. The maximum atomic E-state index is 8.21. The monoisotopic (exact) mass is 234 g/mol. The Morgan fingerprint density at radius 2 is 2.19 bits per heavy atom. The van der Waals surface area contributed by atoms with Crippen LogP contribution in [0.25, 0.3) is 0 Å². The van der Waals surface area contributed by atoms with Crippen LogP contribution in [-0.4, -0.2) is 34.8 Å². The van der Waals surface area contributed by atoms with E-state index in [1.807, 2.05) is 42.1 Å². The molecule has 1 aromatic rings. The summed E-state index contributed by atoms with van der Waals surface area (Å²) in [6.07, 6.45) is 1.20. The van der Waals surface area contributed by atoms with Crippen molar-refractivity contribution in [3.05, 3.63) is 35.9 Å². The van der Waals surface area contributed by atoms with Crippen LogP contribution in [0.5, 0.6) is 0 Å². The number of nitrogens with one attached hydrogen (secondary N) is 1. The molecule has 0 spiro atoms. The van der Waals surface area contributed by atoms with E-state index in [1.165, 1.54) is 6.42 Å². The van der Waals surface area contributed by atoms with Crippen LogP contribution < -0.4 is 0 Å². The van der Waals surface area contributed by atoms with E-state index >= 15 is 0 Å². The highest BCUT2D eigenvalue weighted by molar-refractivity contribution is 8.00. The first-order chi connectivity index (χ1) is 7.81. The molecule has 0 radical (unpaired) electrons. The summed E-state index contributed by atoms with van der Waals surface area (Å²) in [5.41, 5.74) is 1.03. The molecule has 1 saturated heterocycles. The second kappa shape index (κ2) is 5.39. The molecule has 0 amide bonds. The van der Waals surface area contributed by atoms with Gasteiger partial charge in [0.05, 0.1) is 0 Å². The van der Waals surface area contributed by atoms with Crippen LogP contribution in [0.3, 0.4) is 0 Å². The number of rotatable bonds is 2. The summed E-state index contributed by atoms with van der Waals surface area (Å²) in [7, 11) is 0. The number of amidine groups is 1. The molecular formula is C13H18N2S. The van der Waals surface area contributed by atoms with E-state index in [-0.39, 0.29) is 0 Å². The van der Waals surface area contributed by atoms with Gasteiger partial charge in [-0.05, 0) is 6.42 Å². The van der Waals surface area contributed by atoms with E-state index in [0.29, 0.717) is 11.1 Å². The maximum absolute atomic E-state index is 8.21. The Bertz CT molecular complexity index is 350. The van der Waals surface area contributed by atoms with E-state index in [1.54, 1.807) is 0 Å². The Morgan fingerprint density at radius 1 is 1.44 bits per heavy atom. The molecule has 2 rings (SSSR count). The smallest absolute Gasteiger partial charge is 0.128 e. The molecule has 3 heteroatoms. The van der Waals surface area contributed by atoms with Crippen molar-refractivity contribution in [1.29, 1.82) is 5.41 Å². The molecule has 1 N–H and O–H groups in total. The van der Waals surface area contributed by atoms with E-state index in [0.717, 1.165) is 24.4 Å². The predicted molar refractivity (Wildman–Crippen MR) is 71.4 cm³/mol. The van der Waals surface area contributed by atoms with Crippen molar-refractivity contribution >= 4 is 17.6 Å². The highest BCUT2D eigenvalue weighted by atomic mass is 32.2. The van der Waals surface area contributed by atoms with Gasteiger partial charge in [0.15, 0.2) is 0 Å². The van der Waals surface area contributed by atoms with Gasteiger partial charge in [0.25, 0.3) is 0 Å². The molecule has 1 fully saturated rings. The van der Waals surface area contributed by atoms with Gasteiger partial charge in [0.1, 0.15) is 5.84 Å². The number of hydrogen-bond donors (Lipinski definition) is 1. The van der Waals surface area contributed by atoms with Crippen molar-refractivity contribution < 1.29 is 0 Å². The molecule has 0 bridgehead atoms. The third kappa shape index (κ3) is 2.59. The average molecular weight is 234 g/mol. The zero-order valence-electron chi connectivity index (χ0n) is 9.65.